The number of amides is 1. The lowest BCUT2D eigenvalue weighted by Gasteiger charge is -2.19. The Morgan fingerprint density at radius 2 is 0.958 bits per heavy atom. The van der Waals surface area contributed by atoms with Crippen molar-refractivity contribution >= 4 is 5.91 Å². The number of hydroxylamine groups is 2. The molecule has 0 unspecified atom stereocenters. The van der Waals surface area contributed by atoms with E-state index >= 15 is 0 Å². The molecule has 48 heavy (non-hydrogen) atoms. The molecule has 0 aliphatic heterocycles. The summed E-state index contributed by atoms with van der Waals surface area (Å²) in [5.41, 5.74) is 2.71. The molecule has 2 aromatic heterocycles. The van der Waals surface area contributed by atoms with Crippen LogP contribution in [0.3, 0.4) is 0 Å². The highest BCUT2D eigenvalue weighted by Crippen LogP contribution is 2.13. The normalized spacial score (nSPS) is 10.6. The minimum atomic E-state index is 0.0899. The number of carbonyl (C=O) groups excluding carboxylic acids is 1. The van der Waals surface area contributed by atoms with Crippen LogP contribution < -0.4 is 0 Å². The molecule has 264 valence electrons. The molecule has 0 radical (unpaired) electrons. The van der Waals surface area contributed by atoms with Gasteiger partial charge in [0.1, 0.15) is 0 Å². The van der Waals surface area contributed by atoms with Gasteiger partial charge in [-0.15, -0.1) is 23.7 Å². The van der Waals surface area contributed by atoms with Crippen LogP contribution in [0.1, 0.15) is 165 Å². The van der Waals surface area contributed by atoms with Crippen LogP contribution in [-0.2, 0) is 22.5 Å². The van der Waals surface area contributed by atoms with Crippen molar-refractivity contribution < 1.29 is 9.63 Å². The van der Waals surface area contributed by atoms with Crippen LogP contribution in [0.4, 0.5) is 0 Å². The first-order valence-electron chi connectivity index (χ1n) is 19.3. The molecular weight excluding hydrogens is 590 g/mol. The van der Waals surface area contributed by atoms with Gasteiger partial charge in [-0.25, -0.2) is 5.06 Å². The minimum absolute atomic E-state index is 0.0899. The maximum Gasteiger partial charge on any atom is 0.246 e. The highest BCUT2D eigenvalue weighted by Gasteiger charge is 2.11. The molecule has 5 nitrogen and oxygen atoms in total. The van der Waals surface area contributed by atoms with Gasteiger partial charge in [0.25, 0.3) is 0 Å². The number of aromatic nitrogens is 2. The first kappa shape index (κ1) is 41.0. The fourth-order valence-electron chi connectivity index (χ4n) is 5.88. The topological polar surface area (TPSA) is 55.3 Å². The van der Waals surface area contributed by atoms with Crippen molar-refractivity contribution in [3.63, 3.8) is 0 Å². The van der Waals surface area contributed by atoms with Gasteiger partial charge in [0.05, 0.1) is 7.11 Å². The average molecular weight is 656 g/mol. The van der Waals surface area contributed by atoms with Crippen molar-refractivity contribution in [1.82, 2.24) is 15.0 Å². The van der Waals surface area contributed by atoms with Crippen LogP contribution in [-0.4, -0.2) is 34.6 Å². The van der Waals surface area contributed by atoms with E-state index in [1.165, 1.54) is 101 Å². The number of aryl methyl sites for hydroxylation is 2. The van der Waals surface area contributed by atoms with E-state index in [2.05, 4.69) is 45.8 Å². The van der Waals surface area contributed by atoms with Gasteiger partial charge < -0.3 is 0 Å². The number of hydrogen-bond donors (Lipinski definition) is 0. The molecule has 2 aromatic rings. The SMILES string of the molecule is CON(CCCCCC#CCCCCCCCCCc1cccnc1)C(=O)CCCCC#CCCCCCCCCCc1cccnc1. The molecule has 0 saturated carbocycles. The van der Waals surface area contributed by atoms with E-state index in [9.17, 15) is 4.79 Å². The predicted octanol–water partition coefficient (Wildman–Crippen LogP) is 11.0. The minimum Gasteiger partial charge on any atom is -0.274 e. The molecule has 1 amide bonds. The van der Waals surface area contributed by atoms with E-state index in [0.29, 0.717) is 13.0 Å². The fourth-order valence-corrected chi connectivity index (χ4v) is 5.88. The number of hydrogen-bond acceptors (Lipinski definition) is 4. The maximum atomic E-state index is 12.5. The predicted molar refractivity (Wildman–Crippen MR) is 201 cm³/mol. The van der Waals surface area contributed by atoms with Crippen LogP contribution in [0.25, 0.3) is 0 Å². The second kappa shape index (κ2) is 31.1. The van der Waals surface area contributed by atoms with Gasteiger partial charge in [-0.1, -0.05) is 82.8 Å². The highest BCUT2D eigenvalue weighted by molar-refractivity contribution is 5.74. The van der Waals surface area contributed by atoms with Gasteiger partial charge in [0.2, 0.25) is 5.91 Å². The highest BCUT2D eigenvalue weighted by atomic mass is 16.7. The van der Waals surface area contributed by atoms with E-state index < -0.39 is 0 Å². The van der Waals surface area contributed by atoms with Gasteiger partial charge in [-0.2, -0.15) is 0 Å². The molecule has 0 N–H and O–H groups in total. The van der Waals surface area contributed by atoms with E-state index in [1.807, 2.05) is 36.9 Å². The van der Waals surface area contributed by atoms with Crippen molar-refractivity contribution in [2.75, 3.05) is 13.7 Å². The summed E-state index contributed by atoms with van der Waals surface area (Å²) < 4.78 is 0. The third-order valence-corrected chi connectivity index (χ3v) is 8.83. The van der Waals surface area contributed by atoms with Crippen LogP contribution in [0.2, 0.25) is 0 Å². The van der Waals surface area contributed by atoms with Gasteiger partial charge in [-0.3, -0.25) is 19.6 Å². The number of carbonyl (C=O) groups is 1. The molecule has 5 heteroatoms. The molecule has 2 heterocycles. The first-order chi connectivity index (χ1) is 23.8. The van der Waals surface area contributed by atoms with Gasteiger partial charge in [-0.05, 0) is 87.5 Å². The molecule has 0 aromatic carbocycles. The first-order valence-corrected chi connectivity index (χ1v) is 19.3. The Balaban J connectivity index is 1.30. The summed E-state index contributed by atoms with van der Waals surface area (Å²) >= 11 is 0. The van der Waals surface area contributed by atoms with Crippen molar-refractivity contribution in [2.45, 2.75) is 167 Å². The number of pyridine rings is 2. The molecule has 2 rings (SSSR count). The van der Waals surface area contributed by atoms with E-state index in [-0.39, 0.29) is 5.91 Å². The Kier molecular flexibility index (Phi) is 26.6. The zero-order chi connectivity index (χ0) is 34.0. The molecule has 0 atom stereocenters. The quantitative estimate of drug-likeness (QED) is 0.0520. The van der Waals surface area contributed by atoms with E-state index in [0.717, 1.165) is 70.6 Å². The molecule has 0 saturated heterocycles. The van der Waals surface area contributed by atoms with Crippen molar-refractivity contribution in [1.29, 1.82) is 0 Å². The Hall–Kier alpha value is -3.15. The largest absolute Gasteiger partial charge is 0.274 e. The number of unbranched alkanes of at least 4 members (excludes halogenated alkanes) is 19. The Labute approximate surface area is 294 Å². The Bertz CT molecular complexity index is 1150. The lowest BCUT2D eigenvalue weighted by atomic mass is 10.0. The molecule has 0 spiro atoms. The van der Waals surface area contributed by atoms with Crippen LogP contribution >= 0.6 is 0 Å². The zero-order valence-corrected chi connectivity index (χ0v) is 30.4. The summed E-state index contributed by atoms with van der Waals surface area (Å²) in [6, 6.07) is 8.39. The van der Waals surface area contributed by atoms with Crippen molar-refractivity contribution in [2.24, 2.45) is 0 Å². The maximum absolute atomic E-state index is 12.5. The molecule has 0 aliphatic rings. The summed E-state index contributed by atoms with van der Waals surface area (Å²) in [4.78, 5) is 26.3. The Morgan fingerprint density at radius 3 is 1.38 bits per heavy atom. The van der Waals surface area contributed by atoms with Crippen molar-refractivity contribution in [3.8, 4) is 23.7 Å². The lowest BCUT2D eigenvalue weighted by molar-refractivity contribution is -0.176. The zero-order valence-electron chi connectivity index (χ0n) is 30.4. The second-order valence-corrected chi connectivity index (χ2v) is 13.1. The monoisotopic (exact) mass is 656 g/mol. The van der Waals surface area contributed by atoms with E-state index in [4.69, 9.17) is 4.84 Å². The van der Waals surface area contributed by atoms with Crippen LogP contribution in [0.5, 0.6) is 0 Å². The standard InChI is InChI=1S/C43H65N3O2/c1-48-46(38-28-24-20-16-12-8-3-2-5-9-13-17-21-25-31-41-33-29-36-44-39-41)43(47)35-27-23-19-15-11-7-4-6-10-14-18-22-26-32-42-34-30-37-45-40-42/h29-30,33-34,36-37,39-40H,2-7,9-10,13-14,16-28,31-32,35,38H2,1H3. The van der Waals surface area contributed by atoms with Gasteiger partial charge in [0.15, 0.2) is 0 Å². The van der Waals surface area contributed by atoms with Crippen molar-refractivity contribution in [3.05, 3.63) is 60.2 Å². The summed E-state index contributed by atoms with van der Waals surface area (Å²) in [5.74, 6) is 13.4. The molecule has 0 bridgehead atoms. The number of rotatable bonds is 28. The number of nitrogens with zero attached hydrogens (tertiary/aromatic N) is 3. The molecular formula is C43H65N3O2. The summed E-state index contributed by atoms with van der Waals surface area (Å²) in [6.45, 7) is 0.664. The van der Waals surface area contributed by atoms with E-state index in [1.54, 1.807) is 12.2 Å². The average Bonchev–Trinajstić information content (AvgIpc) is 3.12. The summed E-state index contributed by atoms with van der Waals surface area (Å²) in [6.07, 6.45) is 37.4. The smallest absolute Gasteiger partial charge is 0.246 e. The molecule has 0 fully saturated rings. The van der Waals surface area contributed by atoms with Gasteiger partial charge >= 0.3 is 0 Å². The van der Waals surface area contributed by atoms with Crippen LogP contribution in [0, 0.1) is 23.7 Å². The second-order valence-electron chi connectivity index (χ2n) is 13.1. The fraction of sp³-hybridized carbons (Fsp3) is 0.651. The lowest BCUT2D eigenvalue weighted by Crippen LogP contribution is -2.30. The third-order valence-electron chi connectivity index (χ3n) is 8.83. The summed E-state index contributed by atoms with van der Waals surface area (Å²) in [7, 11) is 1.60. The summed E-state index contributed by atoms with van der Waals surface area (Å²) in [5, 5.41) is 1.54. The Morgan fingerprint density at radius 1 is 0.562 bits per heavy atom. The third kappa shape index (κ3) is 24.1. The molecule has 0 aliphatic carbocycles. The van der Waals surface area contributed by atoms with Crippen LogP contribution in [0.15, 0.2) is 49.1 Å². The van der Waals surface area contributed by atoms with Gasteiger partial charge in [0, 0.05) is 63.4 Å².